The van der Waals surface area contributed by atoms with Crippen LogP contribution < -0.4 is 5.32 Å². The summed E-state index contributed by atoms with van der Waals surface area (Å²) in [6, 6.07) is 9.22. The molecule has 0 bridgehead atoms. The van der Waals surface area contributed by atoms with E-state index in [0.29, 0.717) is 17.3 Å². The summed E-state index contributed by atoms with van der Waals surface area (Å²) in [6.07, 6.45) is 0. The number of nitrogens with one attached hydrogen (secondary N) is 1. The van der Waals surface area contributed by atoms with Crippen LogP contribution in [0.15, 0.2) is 34.9 Å². The van der Waals surface area contributed by atoms with Crippen molar-refractivity contribution < 1.29 is 9.32 Å². The minimum absolute atomic E-state index is 0.301. The Morgan fingerprint density at radius 2 is 2.16 bits per heavy atom. The normalized spacial score (nSPS) is 10.8. The number of carbonyl (C=O) groups is 1. The molecule has 0 unspecified atom stereocenters. The van der Waals surface area contributed by atoms with E-state index in [4.69, 9.17) is 4.52 Å². The Balaban J connectivity index is 1.98. The standard InChI is InChI=1S/C13H12N4O2/c1-8-7-11(16-19-8)14-13(18)12-9-5-3-4-6-10(9)17(2)15-12/h3-7H,1-2H3,(H,14,16,18). The number of aryl methyl sites for hydroxylation is 2. The Kier molecular flexibility index (Phi) is 2.56. The number of rotatable bonds is 2. The second-order valence-electron chi connectivity index (χ2n) is 4.27. The molecule has 2 heterocycles. The van der Waals surface area contributed by atoms with Gasteiger partial charge in [-0.2, -0.15) is 5.10 Å². The minimum Gasteiger partial charge on any atom is -0.360 e. The number of nitrogens with zero attached hydrogens (tertiary/aromatic N) is 3. The van der Waals surface area contributed by atoms with Gasteiger partial charge in [0.15, 0.2) is 11.5 Å². The Hall–Kier alpha value is -2.63. The van der Waals surface area contributed by atoms with Crippen LogP contribution in [-0.4, -0.2) is 20.8 Å². The monoisotopic (exact) mass is 256 g/mol. The molecule has 1 aromatic carbocycles. The molecule has 0 aliphatic carbocycles. The van der Waals surface area contributed by atoms with E-state index in [1.807, 2.05) is 24.3 Å². The summed E-state index contributed by atoms with van der Waals surface area (Å²) in [6.45, 7) is 1.76. The zero-order chi connectivity index (χ0) is 13.4. The van der Waals surface area contributed by atoms with Crippen molar-refractivity contribution in [1.82, 2.24) is 14.9 Å². The molecule has 6 nitrogen and oxygen atoms in total. The summed E-state index contributed by atoms with van der Waals surface area (Å²) in [7, 11) is 1.80. The van der Waals surface area contributed by atoms with Gasteiger partial charge in [-0.3, -0.25) is 9.48 Å². The van der Waals surface area contributed by atoms with Crippen molar-refractivity contribution in [2.24, 2.45) is 7.05 Å². The first-order chi connectivity index (χ1) is 9.15. The summed E-state index contributed by atoms with van der Waals surface area (Å²) in [5, 5.41) is 11.4. The Morgan fingerprint density at radius 1 is 1.37 bits per heavy atom. The lowest BCUT2D eigenvalue weighted by Crippen LogP contribution is -2.13. The van der Waals surface area contributed by atoms with Crippen LogP contribution in [0.4, 0.5) is 5.82 Å². The summed E-state index contributed by atoms with van der Waals surface area (Å²) >= 11 is 0. The molecule has 3 rings (SSSR count). The Labute approximate surface area is 109 Å². The van der Waals surface area contributed by atoms with E-state index >= 15 is 0 Å². The number of hydrogen-bond donors (Lipinski definition) is 1. The van der Waals surface area contributed by atoms with Crippen molar-refractivity contribution >= 4 is 22.6 Å². The van der Waals surface area contributed by atoms with E-state index in [0.717, 1.165) is 10.9 Å². The Bertz CT molecular complexity index is 757. The quantitative estimate of drug-likeness (QED) is 0.762. The fraction of sp³-hybridized carbons (Fsp3) is 0.154. The lowest BCUT2D eigenvalue weighted by Gasteiger charge is -1.97. The largest absolute Gasteiger partial charge is 0.360 e. The highest BCUT2D eigenvalue weighted by molar-refractivity contribution is 6.10. The SMILES string of the molecule is Cc1cc(NC(=O)c2nn(C)c3ccccc23)no1. The van der Waals surface area contributed by atoms with Crippen molar-refractivity contribution in [2.75, 3.05) is 5.32 Å². The predicted molar refractivity (Wildman–Crippen MR) is 69.9 cm³/mol. The van der Waals surface area contributed by atoms with Gasteiger partial charge in [0.2, 0.25) is 0 Å². The maximum Gasteiger partial charge on any atom is 0.278 e. The average molecular weight is 256 g/mol. The molecule has 0 fully saturated rings. The molecule has 0 saturated carbocycles. The zero-order valence-electron chi connectivity index (χ0n) is 10.5. The van der Waals surface area contributed by atoms with Crippen LogP contribution in [0, 0.1) is 6.92 Å². The maximum absolute atomic E-state index is 12.2. The van der Waals surface area contributed by atoms with Gasteiger partial charge in [-0.25, -0.2) is 0 Å². The van der Waals surface area contributed by atoms with Crippen LogP contribution in [0.1, 0.15) is 16.2 Å². The number of hydrogen-bond acceptors (Lipinski definition) is 4. The van der Waals surface area contributed by atoms with E-state index in [2.05, 4.69) is 15.6 Å². The molecule has 0 radical (unpaired) electrons. The molecular weight excluding hydrogens is 244 g/mol. The first-order valence-electron chi connectivity index (χ1n) is 5.81. The molecule has 0 atom stereocenters. The van der Waals surface area contributed by atoms with Gasteiger partial charge in [0, 0.05) is 18.5 Å². The summed E-state index contributed by atoms with van der Waals surface area (Å²) in [4.78, 5) is 12.2. The highest BCUT2D eigenvalue weighted by Crippen LogP contribution is 2.18. The third-order valence-corrected chi connectivity index (χ3v) is 2.84. The lowest BCUT2D eigenvalue weighted by atomic mass is 10.2. The molecular formula is C13H12N4O2. The summed E-state index contributed by atoms with van der Waals surface area (Å²) < 4.78 is 6.58. The van der Waals surface area contributed by atoms with Gasteiger partial charge in [0.25, 0.3) is 5.91 Å². The summed E-state index contributed by atoms with van der Waals surface area (Å²) in [5.74, 6) is 0.725. The first-order valence-corrected chi connectivity index (χ1v) is 5.81. The van der Waals surface area contributed by atoms with Gasteiger partial charge in [-0.15, -0.1) is 0 Å². The van der Waals surface area contributed by atoms with Crippen LogP contribution in [0.25, 0.3) is 10.9 Å². The number of para-hydroxylation sites is 1. The number of fused-ring (bicyclic) bond motifs is 1. The highest BCUT2D eigenvalue weighted by atomic mass is 16.5. The third-order valence-electron chi connectivity index (χ3n) is 2.84. The second kappa shape index (κ2) is 4.24. The molecule has 2 aromatic heterocycles. The molecule has 0 aliphatic heterocycles. The van der Waals surface area contributed by atoms with Gasteiger partial charge in [0.1, 0.15) is 5.76 Å². The first kappa shape index (κ1) is 11.5. The lowest BCUT2D eigenvalue weighted by molar-refractivity contribution is 0.102. The van der Waals surface area contributed by atoms with E-state index in [1.54, 1.807) is 24.7 Å². The van der Waals surface area contributed by atoms with Crippen molar-refractivity contribution in [3.05, 3.63) is 41.8 Å². The van der Waals surface area contributed by atoms with E-state index in [1.165, 1.54) is 0 Å². The highest BCUT2D eigenvalue weighted by Gasteiger charge is 2.16. The van der Waals surface area contributed by atoms with Gasteiger partial charge in [0.05, 0.1) is 5.52 Å². The van der Waals surface area contributed by atoms with Crippen LogP contribution in [0.2, 0.25) is 0 Å². The van der Waals surface area contributed by atoms with Gasteiger partial charge in [-0.1, -0.05) is 23.4 Å². The van der Waals surface area contributed by atoms with Crippen LogP contribution in [0.3, 0.4) is 0 Å². The molecule has 0 spiro atoms. The van der Waals surface area contributed by atoms with E-state index < -0.39 is 0 Å². The summed E-state index contributed by atoms with van der Waals surface area (Å²) in [5.41, 5.74) is 1.28. The van der Waals surface area contributed by atoms with Crippen molar-refractivity contribution in [3.8, 4) is 0 Å². The predicted octanol–water partition coefficient (Wildman–Crippen LogP) is 2.12. The number of aromatic nitrogens is 3. The Morgan fingerprint density at radius 3 is 2.89 bits per heavy atom. The molecule has 19 heavy (non-hydrogen) atoms. The zero-order valence-corrected chi connectivity index (χ0v) is 10.5. The smallest absolute Gasteiger partial charge is 0.278 e. The van der Waals surface area contributed by atoms with Crippen molar-refractivity contribution in [3.63, 3.8) is 0 Å². The van der Waals surface area contributed by atoms with Crippen LogP contribution >= 0.6 is 0 Å². The van der Waals surface area contributed by atoms with E-state index in [-0.39, 0.29) is 5.91 Å². The number of carbonyl (C=O) groups excluding carboxylic acids is 1. The van der Waals surface area contributed by atoms with E-state index in [9.17, 15) is 4.79 Å². The van der Waals surface area contributed by atoms with Crippen LogP contribution in [0.5, 0.6) is 0 Å². The number of benzene rings is 1. The fourth-order valence-electron chi connectivity index (χ4n) is 1.98. The van der Waals surface area contributed by atoms with Crippen LogP contribution in [-0.2, 0) is 7.05 Å². The number of anilines is 1. The topological polar surface area (TPSA) is 73.0 Å². The second-order valence-corrected chi connectivity index (χ2v) is 4.27. The molecule has 1 amide bonds. The maximum atomic E-state index is 12.2. The van der Waals surface area contributed by atoms with Crippen molar-refractivity contribution in [1.29, 1.82) is 0 Å². The van der Waals surface area contributed by atoms with Gasteiger partial charge < -0.3 is 9.84 Å². The minimum atomic E-state index is -0.301. The average Bonchev–Trinajstić information content (AvgIpc) is 2.95. The van der Waals surface area contributed by atoms with Gasteiger partial charge >= 0.3 is 0 Å². The third kappa shape index (κ3) is 1.97. The molecule has 0 aliphatic rings. The van der Waals surface area contributed by atoms with Crippen molar-refractivity contribution in [2.45, 2.75) is 6.92 Å². The number of amides is 1. The molecule has 0 saturated heterocycles. The molecule has 6 heteroatoms. The molecule has 3 aromatic rings. The fourth-order valence-corrected chi connectivity index (χ4v) is 1.98. The van der Waals surface area contributed by atoms with Gasteiger partial charge in [-0.05, 0) is 13.0 Å². The molecule has 1 N–H and O–H groups in total. The molecule has 96 valence electrons.